The zero-order chi connectivity index (χ0) is 16.8. The molecule has 4 N–H and O–H groups in total. The highest BCUT2D eigenvalue weighted by Crippen LogP contribution is 2.28. The van der Waals surface area contributed by atoms with Crippen molar-refractivity contribution in [2.24, 2.45) is 0 Å². The Balaban J connectivity index is 2.26. The Labute approximate surface area is 138 Å². The molecule has 1 aromatic heterocycles. The molecular formula is C15H17ClN4O3. The van der Waals surface area contributed by atoms with Gasteiger partial charge in [0.1, 0.15) is 5.82 Å². The van der Waals surface area contributed by atoms with Gasteiger partial charge < -0.3 is 15.7 Å². The Hall–Kier alpha value is -2.54. The lowest BCUT2D eigenvalue weighted by Gasteiger charge is -2.10. The van der Waals surface area contributed by atoms with Crippen LogP contribution in [0.5, 0.6) is 0 Å². The summed E-state index contributed by atoms with van der Waals surface area (Å²) in [6.07, 6.45) is 1.08. The van der Waals surface area contributed by atoms with Crippen molar-refractivity contribution in [2.75, 3.05) is 18.4 Å². The summed E-state index contributed by atoms with van der Waals surface area (Å²) >= 11 is 6.22. The van der Waals surface area contributed by atoms with Gasteiger partial charge in [-0.3, -0.25) is 5.32 Å². The van der Waals surface area contributed by atoms with Gasteiger partial charge in [-0.1, -0.05) is 17.7 Å². The van der Waals surface area contributed by atoms with Crippen LogP contribution in [0.1, 0.15) is 12.5 Å². The van der Waals surface area contributed by atoms with Crippen LogP contribution in [0.4, 0.5) is 15.4 Å². The van der Waals surface area contributed by atoms with Crippen LogP contribution in [0.15, 0.2) is 24.4 Å². The Kier molecular flexibility index (Phi) is 5.59. The quantitative estimate of drug-likeness (QED) is 0.674. The maximum Gasteiger partial charge on any atom is 0.404 e. The topological polar surface area (TPSA) is 103 Å². The number of benzene rings is 1. The first-order valence-corrected chi connectivity index (χ1v) is 7.48. The highest BCUT2D eigenvalue weighted by atomic mass is 35.5. The van der Waals surface area contributed by atoms with Gasteiger partial charge in [0, 0.05) is 35.1 Å². The lowest BCUT2D eigenvalue weighted by molar-refractivity contribution is 0.194. The highest BCUT2D eigenvalue weighted by Gasteiger charge is 2.09. The molecule has 0 saturated carbocycles. The number of amides is 3. The standard InChI is InChI=1S/C15H17ClN4O3/c1-2-17-14(21)20-13-7-10-11(8-19-13)9(3-4-12(10)16)5-6-18-15(22)23/h3-4,7-8,18H,2,5-6H2,1H3,(H,22,23)(H2,17,19,20,21). The van der Waals surface area contributed by atoms with Crippen LogP contribution in [0.25, 0.3) is 10.8 Å². The normalized spacial score (nSPS) is 10.3. The summed E-state index contributed by atoms with van der Waals surface area (Å²) in [6, 6.07) is 4.95. The van der Waals surface area contributed by atoms with Crippen LogP contribution in [0.3, 0.4) is 0 Å². The third kappa shape index (κ3) is 4.46. The molecule has 0 aliphatic rings. The fourth-order valence-electron chi connectivity index (χ4n) is 2.17. The molecule has 1 aromatic carbocycles. The minimum Gasteiger partial charge on any atom is -0.465 e. The van der Waals surface area contributed by atoms with Crippen LogP contribution < -0.4 is 16.0 Å². The van der Waals surface area contributed by atoms with Crippen molar-refractivity contribution in [3.05, 3.63) is 35.0 Å². The predicted octanol–water partition coefficient (Wildman–Crippen LogP) is 2.84. The highest BCUT2D eigenvalue weighted by molar-refractivity contribution is 6.35. The lowest BCUT2D eigenvalue weighted by Crippen LogP contribution is -2.28. The number of carbonyl (C=O) groups excluding carboxylic acids is 1. The number of nitrogens with one attached hydrogen (secondary N) is 3. The van der Waals surface area contributed by atoms with E-state index in [-0.39, 0.29) is 6.03 Å². The van der Waals surface area contributed by atoms with E-state index in [0.717, 1.165) is 16.3 Å². The fraction of sp³-hybridized carbons (Fsp3) is 0.267. The van der Waals surface area contributed by atoms with E-state index in [0.29, 0.717) is 30.4 Å². The predicted molar refractivity (Wildman–Crippen MR) is 89.2 cm³/mol. The maximum absolute atomic E-state index is 11.5. The van der Waals surface area contributed by atoms with E-state index in [4.69, 9.17) is 16.7 Å². The summed E-state index contributed by atoms with van der Waals surface area (Å²) < 4.78 is 0. The summed E-state index contributed by atoms with van der Waals surface area (Å²) in [5.41, 5.74) is 0.926. The average Bonchev–Trinajstić information content (AvgIpc) is 2.50. The third-order valence-corrected chi connectivity index (χ3v) is 3.52. The van der Waals surface area contributed by atoms with Crippen molar-refractivity contribution in [3.63, 3.8) is 0 Å². The Morgan fingerprint density at radius 2 is 2.04 bits per heavy atom. The minimum absolute atomic E-state index is 0.297. The van der Waals surface area contributed by atoms with E-state index in [9.17, 15) is 9.59 Å². The van der Waals surface area contributed by atoms with Crippen molar-refractivity contribution in [3.8, 4) is 0 Å². The largest absolute Gasteiger partial charge is 0.465 e. The number of carboxylic acid groups (broad SMARTS) is 1. The molecule has 2 rings (SSSR count). The molecule has 8 heteroatoms. The van der Waals surface area contributed by atoms with Gasteiger partial charge in [-0.2, -0.15) is 0 Å². The van der Waals surface area contributed by atoms with Gasteiger partial charge in [0.15, 0.2) is 0 Å². The second-order valence-electron chi connectivity index (χ2n) is 4.79. The van der Waals surface area contributed by atoms with E-state index in [1.54, 1.807) is 18.3 Å². The molecule has 0 aliphatic carbocycles. The van der Waals surface area contributed by atoms with Crippen molar-refractivity contribution in [1.82, 2.24) is 15.6 Å². The maximum atomic E-state index is 11.5. The smallest absolute Gasteiger partial charge is 0.404 e. The molecule has 1 heterocycles. The zero-order valence-electron chi connectivity index (χ0n) is 12.5. The second-order valence-corrected chi connectivity index (χ2v) is 5.20. The van der Waals surface area contributed by atoms with E-state index in [1.807, 2.05) is 13.0 Å². The number of fused-ring (bicyclic) bond motifs is 1. The van der Waals surface area contributed by atoms with Crippen molar-refractivity contribution < 1.29 is 14.7 Å². The van der Waals surface area contributed by atoms with E-state index >= 15 is 0 Å². The molecule has 0 aliphatic heterocycles. The average molecular weight is 337 g/mol. The lowest BCUT2D eigenvalue weighted by atomic mass is 10.0. The summed E-state index contributed by atoms with van der Waals surface area (Å²) in [6.45, 7) is 2.63. The van der Waals surface area contributed by atoms with Crippen molar-refractivity contribution >= 4 is 40.3 Å². The first kappa shape index (κ1) is 16.8. The molecule has 0 radical (unpaired) electrons. The van der Waals surface area contributed by atoms with Gasteiger partial charge in [-0.15, -0.1) is 0 Å². The molecule has 3 amide bonds. The van der Waals surface area contributed by atoms with Crippen molar-refractivity contribution in [2.45, 2.75) is 13.3 Å². The molecule has 122 valence electrons. The number of carbonyl (C=O) groups is 2. The van der Waals surface area contributed by atoms with E-state index in [2.05, 4.69) is 20.9 Å². The number of aromatic nitrogens is 1. The van der Waals surface area contributed by atoms with Crippen LogP contribution in [0.2, 0.25) is 5.02 Å². The first-order valence-electron chi connectivity index (χ1n) is 7.10. The summed E-state index contributed by atoms with van der Waals surface area (Å²) in [5.74, 6) is 0.395. The molecule has 0 saturated heterocycles. The number of hydrogen-bond donors (Lipinski definition) is 4. The van der Waals surface area contributed by atoms with Crippen LogP contribution in [-0.2, 0) is 6.42 Å². The SMILES string of the molecule is CCNC(=O)Nc1cc2c(Cl)ccc(CCNC(=O)O)c2cn1. The third-order valence-electron chi connectivity index (χ3n) is 3.19. The first-order chi connectivity index (χ1) is 11.0. The molecule has 0 fully saturated rings. The molecule has 0 atom stereocenters. The van der Waals surface area contributed by atoms with Gasteiger partial charge in [-0.25, -0.2) is 14.6 Å². The fourth-order valence-corrected chi connectivity index (χ4v) is 2.39. The van der Waals surface area contributed by atoms with Crippen LogP contribution in [-0.4, -0.2) is 35.3 Å². The van der Waals surface area contributed by atoms with Gasteiger partial charge in [-0.05, 0) is 31.0 Å². The molecular weight excluding hydrogens is 320 g/mol. The zero-order valence-corrected chi connectivity index (χ0v) is 13.3. The van der Waals surface area contributed by atoms with Crippen molar-refractivity contribution in [1.29, 1.82) is 0 Å². The van der Waals surface area contributed by atoms with Crippen LogP contribution >= 0.6 is 11.6 Å². The van der Waals surface area contributed by atoms with Gasteiger partial charge >= 0.3 is 12.1 Å². The number of pyridine rings is 1. The van der Waals surface area contributed by atoms with Gasteiger partial charge in [0.05, 0.1) is 0 Å². The molecule has 2 aromatic rings. The molecule has 0 unspecified atom stereocenters. The number of hydrogen-bond acceptors (Lipinski definition) is 3. The Morgan fingerprint density at radius 1 is 1.26 bits per heavy atom. The monoisotopic (exact) mass is 336 g/mol. The summed E-state index contributed by atoms with van der Waals surface area (Å²) in [5, 5.41) is 18.3. The van der Waals surface area contributed by atoms with E-state index < -0.39 is 6.09 Å². The number of urea groups is 1. The molecule has 23 heavy (non-hydrogen) atoms. The number of halogens is 1. The summed E-state index contributed by atoms with van der Waals surface area (Å²) in [4.78, 5) is 26.3. The van der Waals surface area contributed by atoms with Crippen LogP contribution in [0, 0.1) is 0 Å². The summed E-state index contributed by atoms with van der Waals surface area (Å²) in [7, 11) is 0. The van der Waals surface area contributed by atoms with E-state index in [1.165, 1.54) is 0 Å². The second kappa shape index (κ2) is 7.64. The number of rotatable bonds is 5. The Morgan fingerprint density at radius 3 is 2.74 bits per heavy atom. The molecule has 0 spiro atoms. The minimum atomic E-state index is -1.06. The van der Waals surface area contributed by atoms with Gasteiger partial charge in [0.2, 0.25) is 0 Å². The number of anilines is 1. The molecule has 0 bridgehead atoms. The van der Waals surface area contributed by atoms with Gasteiger partial charge in [0.25, 0.3) is 0 Å². The molecule has 7 nitrogen and oxygen atoms in total. The number of nitrogens with zero attached hydrogens (tertiary/aromatic N) is 1. The Bertz CT molecular complexity index is 736.